The molecule has 0 aliphatic carbocycles. The number of hydrogen-bond acceptors (Lipinski definition) is 3. The molecular weight excluding hydrogens is 338 g/mol. The summed E-state index contributed by atoms with van der Waals surface area (Å²) in [5.74, 6) is 0.768. The molecule has 3 rings (SSSR count). The number of halogens is 1. The highest BCUT2D eigenvalue weighted by Crippen LogP contribution is 2.33. The Hall–Kier alpha value is -1.59. The molecule has 0 saturated carbocycles. The van der Waals surface area contributed by atoms with Crippen molar-refractivity contribution in [1.29, 1.82) is 0 Å². The van der Waals surface area contributed by atoms with E-state index in [1.165, 1.54) is 5.56 Å². The van der Waals surface area contributed by atoms with Crippen LogP contribution in [-0.4, -0.2) is 53.8 Å². The number of carbonyl (C=O) groups is 2. The summed E-state index contributed by atoms with van der Waals surface area (Å²) in [7, 11) is 0. The van der Waals surface area contributed by atoms with Crippen LogP contribution in [0.1, 0.15) is 37.7 Å². The van der Waals surface area contributed by atoms with Crippen molar-refractivity contribution in [3.63, 3.8) is 0 Å². The van der Waals surface area contributed by atoms with Crippen molar-refractivity contribution in [2.24, 2.45) is 11.7 Å². The number of amides is 2. The molecule has 2 heterocycles. The first kappa shape index (κ1) is 19.7. The van der Waals surface area contributed by atoms with Gasteiger partial charge < -0.3 is 15.5 Å². The van der Waals surface area contributed by atoms with Gasteiger partial charge in [0.25, 0.3) is 0 Å². The number of nitrogens with two attached hydrogens (primary N) is 1. The van der Waals surface area contributed by atoms with Gasteiger partial charge >= 0.3 is 0 Å². The zero-order chi connectivity index (χ0) is 17.1. The lowest BCUT2D eigenvalue weighted by molar-refractivity contribution is -0.143. The van der Waals surface area contributed by atoms with E-state index < -0.39 is 0 Å². The van der Waals surface area contributed by atoms with Crippen LogP contribution in [0.2, 0.25) is 0 Å². The molecule has 0 spiro atoms. The van der Waals surface area contributed by atoms with Gasteiger partial charge in [-0.05, 0) is 30.9 Å². The quantitative estimate of drug-likeness (QED) is 0.867. The largest absolute Gasteiger partial charge is 0.340 e. The smallest absolute Gasteiger partial charge is 0.245 e. The summed E-state index contributed by atoms with van der Waals surface area (Å²) in [6.07, 6.45) is 2.10. The minimum atomic E-state index is -0.312. The molecule has 2 saturated heterocycles. The molecule has 2 aliphatic heterocycles. The number of likely N-dealkylation sites (tertiary alicyclic amines) is 2. The third-order valence-corrected chi connectivity index (χ3v) is 5.44. The highest BCUT2D eigenvalue weighted by molar-refractivity contribution is 5.88. The van der Waals surface area contributed by atoms with Crippen molar-refractivity contribution >= 4 is 24.2 Å². The Balaban J connectivity index is 0.00000225. The van der Waals surface area contributed by atoms with Crippen LogP contribution in [0.15, 0.2) is 30.3 Å². The van der Waals surface area contributed by atoms with E-state index in [1.807, 2.05) is 30.0 Å². The summed E-state index contributed by atoms with van der Waals surface area (Å²) < 4.78 is 0. The fraction of sp³-hybridized carbons (Fsp3) is 0.579. The summed E-state index contributed by atoms with van der Waals surface area (Å²) >= 11 is 0. The van der Waals surface area contributed by atoms with Crippen LogP contribution in [0.5, 0.6) is 0 Å². The second-order valence-electron chi connectivity index (χ2n) is 6.87. The number of hydrogen-bond donors (Lipinski definition) is 1. The van der Waals surface area contributed by atoms with Crippen molar-refractivity contribution in [3.05, 3.63) is 35.9 Å². The maximum absolute atomic E-state index is 13.0. The normalized spacial score (nSPS) is 24.3. The molecule has 25 heavy (non-hydrogen) atoms. The first-order valence-corrected chi connectivity index (χ1v) is 8.99. The molecular formula is C19H28ClN3O2. The molecule has 2 amide bonds. The highest BCUT2D eigenvalue weighted by atomic mass is 35.5. The summed E-state index contributed by atoms with van der Waals surface area (Å²) in [5, 5.41) is 0. The second-order valence-corrected chi connectivity index (χ2v) is 6.87. The van der Waals surface area contributed by atoms with Crippen molar-refractivity contribution in [2.75, 3.05) is 26.2 Å². The first-order valence-electron chi connectivity index (χ1n) is 8.99. The maximum atomic E-state index is 13.0. The SMILES string of the molecule is CCC(C(=O)N1C[C@@H](CN)[C@H](c2ccccc2)C1)N1CCCC1=O.Cl. The Bertz CT molecular complexity index is 596. The minimum Gasteiger partial charge on any atom is -0.340 e. The lowest BCUT2D eigenvalue weighted by Crippen LogP contribution is -2.48. The maximum Gasteiger partial charge on any atom is 0.245 e. The van der Waals surface area contributed by atoms with Crippen LogP contribution >= 0.6 is 12.4 Å². The molecule has 2 N–H and O–H groups in total. The Labute approximate surface area is 155 Å². The fourth-order valence-electron chi connectivity index (χ4n) is 4.11. The van der Waals surface area contributed by atoms with Gasteiger partial charge in [-0.2, -0.15) is 0 Å². The van der Waals surface area contributed by atoms with E-state index in [1.54, 1.807) is 4.90 Å². The van der Waals surface area contributed by atoms with Gasteiger partial charge in [0.1, 0.15) is 6.04 Å². The highest BCUT2D eigenvalue weighted by Gasteiger charge is 2.40. The third-order valence-electron chi connectivity index (χ3n) is 5.44. The zero-order valence-electron chi connectivity index (χ0n) is 14.8. The molecule has 1 aromatic rings. The van der Waals surface area contributed by atoms with Gasteiger partial charge in [-0.25, -0.2) is 0 Å². The van der Waals surface area contributed by atoms with Gasteiger partial charge in [0.15, 0.2) is 0 Å². The second kappa shape index (κ2) is 8.68. The van der Waals surface area contributed by atoms with E-state index in [9.17, 15) is 9.59 Å². The molecule has 3 atom stereocenters. The molecule has 5 nitrogen and oxygen atoms in total. The van der Waals surface area contributed by atoms with E-state index in [0.717, 1.165) is 6.42 Å². The van der Waals surface area contributed by atoms with Crippen LogP contribution in [0, 0.1) is 5.92 Å². The van der Waals surface area contributed by atoms with E-state index >= 15 is 0 Å². The Morgan fingerprint density at radius 1 is 1.28 bits per heavy atom. The predicted molar refractivity (Wildman–Crippen MR) is 101 cm³/mol. The zero-order valence-corrected chi connectivity index (χ0v) is 15.6. The summed E-state index contributed by atoms with van der Waals surface area (Å²) in [5.41, 5.74) is 7.22. The average Bonchev–Trinajstić information content (AvgIpc) is 3.23. The van der Waals surface area contributed by atoms with Gasteiger partial charge in [-0.15, -0.1) is 12.4 Å². The summed E-state index contributed by atoms with van der Waals surface area (Å²) in [4.78, 5) is 28.8. The predicted octanol–water partition coefficient (Wildman–Crippen LogP) is 2.01. The lowest BCUT2D eigenvalue weighted by Gasteiger charge is -2.30. The molecule has 0 aromatic heterocycles. The molecule has 1 aromatic carbocycles. The number of carbonyl (C=O) groups excluding carboxylic acids is 2. The summed E-state index contributed by atoms with van der Waals surface area (Å²) in [6.45, 7) is 4.65. The monoisotopic (exact) mass is 365 g/mol. The molecule has 0 radical (unpaired) electrons. The Morgan fingerprint density at radius 2 is 2.00 bits per heavy atom. The van der Waals surface area contributed by atoms with Crippen molar-refractivity contribution in [1.82, 2.24) is 9.80 Å². The van der Waals surface area contributed by atoms with Gasteiger partial charge in [0.2, 0.25) is 11.8 Å². The summed E-state index contributed by atoms with van der Waals surface area (Å²) in [6, 6.07) is 9.99. The first-order chi connectivity index (χ1) is 11.7. The van der Waals surface area contributed by atoms with Crippen molar-refractivity contribution in [2.45, 2.75) is 38.1 Å². The van der Waals surface area contributed by atoms with Crippen LogP contribution in [0.25, 0.3) is 0 Å². The number of nitrogens with zero attached hydrogens (tertiary/aromatic N) is 2. The minimum absolute atomic E-state index is 0. The van der Waals surface area contributed by atoms with Crippen molar-refractivity contribution < 1.29 is 9.59 Å². The van der Waals surface area contributed by atoms with E-state index in [4.69, 9.17) is 5.73 Å². The molecule has 138 valence electrons. The molecule has 0 bridgehead atoms. The molecule has 2 aliphatic rings. The van der Waals surface area contributed by atoms with Crippen LogP contribution < -0.4 is 5.73 Å². The number of rotatable bonds is 5. The van der Waals surface area contributed by atoms with Crippen molar-refractivity contribution in [3.8, 4) is 0 Å². The lowest BCUT2D eigenvalue weighted by atomic mass is 9.89. The van der Waals surface area contributed by atoms with Crippen LogP contribution in [0.4, 0.5) is 0 Å². The van der Waals surface area contributed by atoms with E-state index in [0.29, 0.717) is 39.0 Å². The van der Waals surface area contributed by atoms with E-state index in [-0.39, 0.29) is 42.1 Å². The average molecular weight is 366 g/mol. The van der Waals surface area contributed by atoms with Gasteiger partial charge in [0.05, 0.1) is 0 Å². The van der Waals surface area contributed by atoms with Crippen LogP contribution in [-0.2, 0) is 9.59 Å². The molecule has 2 fully saturated rings. The van der Waals surface area contributed by atoms with Gasteiger partial charge in [0, 0.05) is 32.0 Å². The van der Waals surface area contributed by atoms with Gasteiger partial charge in [-0.1, -0.05) is 37.3 Å². The Kier molecular flexibility index (Phi) is 6.85. The van der Waals surface area contributed by atoms with Crippen LogP contribution in [0.3, 0.4) is 0 Å². The third kappa shape index (κ3) is 3.98. The standard InChI is InChI=1S/C19H27N3O2.ClH/c1-2-17(22-10-6-9-18(22)23)19(24)21-12-15(11-20)16(13-21)14-7-4-3-5-8-14;/h3-5,7-8,15-17H,2,6,9-13,20H2,1H3;1H/t15-,16+,17?;/m1./s1. The Morgan fingerprint density at radius 3 is 2.56 bits per heavy atom. The van der Waals surface area contributed by atoms with E-state index in [2.05, 4.69) is 12.1 Å². The molecule has 1 unspecified atom stereocenters. The van der Waals surface area contributed by atoms with Gasteiger partial charge in [-0.3, -0.25) is 9.59 Å². The molecule has 6 heteroatoms. The topological polar surface area (TPSA) is 66.6 Å². The number of benzene rings is 1. The fourth-order valence-corrected chi connectivity index (χ4v) is 4.11.